The fourth-order valence-electron chi connectivity index (χ4n) is 4.33. The van der Waals surface area contributed by atoms with Gasteiger partial charge in [-0.25, -0.2) is 4.39 Å². The van der Waals surface area contributed by atoms with E-state index in [2.05, 4.69) is 10.2 Å². The second-order valence-electron chi connectivity index (χ2n) is 8.58. The summed E-state index contributed by atoms with van der Waals surface area (Å²) in [5.41, 5.74) is 3.41. The first kappa shape index (κ1) is 23.5. The molecule has 1 aromatic heterocycles. The highest BCUT2D eigenvalue weighted by molar-refractivity contribution is 5.96. The molecule has 1 amide bonds. The van der Waals surface area contributed by atoms with Crippen molar-refractivity contribution in [3.8, 4) is 23.2 Å². The molecule has 7 nitrogen and oxygen atoms in total. The Hall–Kier alpha value is -3.70. The maximum absolute atomic E-state index is 15.6. The molecule has 0 spiro atoms. The average molecular weight is 463 g/mol. The zero-order valence-corrected chi connectivity index (χ0v) is 19.3. The van der Waals surface area contributed by atoms with Gasteiger partial charge in [0.05, 0.1) is 23.9 Å². The summed E-state index contributed by atoms with van der Waals surface area (Å²) in [6.07, 6.45) is 0.406. The van der Waals surface area contributed by atoms with Crippen LogP contribution in [0.4, 0.5) is 4.39 Å². The number of H-pyrrole nitrogens is 1. The molecule has 0 saturated carbocycles. The number of alkyl halides is 1. The molecule has 1 fully saturated rings. The van der Waals surface area contributed by atoms with Gasteiger partial charge in [-0.3, -0.25) is 9.89 Å². The highest BCUT2D eigenvalue weighted by Gasteiger charge is 2.37. The SMILES string of the molecule is Cc1ccc(C(=O)N2CCC(F)(c3ccc(C#N)cc3)CC2)cc1-c1[nH]nc(OCCO)c1C. The minimum absolute atomic E-state index is 0.105. The first-order valence-corrected chi connectivity index (χ1v) is 11.2. The second kappa shape index (κ2) is 9.65. The zero-order chi connectivity index (χ0) is 24.3. The van der Waals surface area contributed by atoms with Crippen molar-refractivity contribution in [1.29, 1.82) is 5.26 Å². The van der Waals surface area contributed by atoms with Crippen LogP contribution in [0.25, 0.3) is 11.3 Å². The fourth-order valence-corrected chi connectivity index (χ4v) is 4.33. The molecule has 2 heterocycles. The summed E-state index contributed by atoms with van der Waals surface area (Å²) in [5, 5.41) is 25.1. The molecule has 34 heavy (non-hydrogen) atoms. The van der Waals surface area contributed by atoms with Crippen LogP contribution in [0.2, 0.25) is 0 Å². The Kier molecular flexibility index (Phi) is 6.66. The normalized spacial score (nSPS) is 15.1. The number of halogens is 1. The van der Waals surface area contributed by atoms with Gasteiger partial charge in [-0.2, -0.15) is 5.26 Å². The number of likely N-dealkylation sites (tertiary alicyclic amines) is 1. The van der Waals surface area contributed by atoms with E-state index in [1.165, 1.54) is 0 Å². The molecule has 0 atom stereocenters. The summed E-state index contributed by atoms with van der Waals surface area (Å²) in [5.74, 6) is 0.273. The third-order valence-electron chi connectivity index (χ3n) is 6.42. The predicted octanol–water partition coefficient (Wildman–Crippen LogP) is 4.04. The van der Waals surface area contributed by atoms with Crippen LogP contribution in [0, 0.1) is 25.2 Å². The van der Waals surface area contributed by atoms with Crippen molar-refractivity contribution in [3.05, 3.63) is 70.3 Å². The summed E-state index contributed by atoms with van der Waals surface area (Å²) < 4.78 is 21.0. The van der Waals surface area contributed by atoms with E-state index in [4.69, 9.17) is 15.1 Å². The quantitative estimate of drug-likeness (QED) is 0.576. The molecule has 0 radical (unpaired) electrons. The predicted molar refractivity (Wildman–Crippen MR) is 125 cm³/mol. The summed E-state index contributed by atoms with van der Waals surface area (Å²) in [7, 11) is 0. The Balaban J connectivity index is 1.50. The van der Waals surface area contributed by atoms with Crippen molar-refractivity contribution in [2.24, 2.45) is 0 Å². The van der Waals surface area contributed by atoms with Gasteiger partial charge < -0.3 is 14.7 Å². The van der Waals surface area contributed by atoms with Gasteiger partial charge in [0.1, 0.15) is 12.3 Å². The summed E-state index contributed by atoms with van der Waals surface area (Å²) in [6, 6.07) is 14.1. The maximum atomic E-state index is 15.6. The summed E-state index contributed by atoms with van der Waals surface area (Å²) in [4.78, 5) is 14.9. The number of carbonyl (C=O) groups excluding carboxylic acids is 1. The maximum Gasteiger partial charge on any atom is 0.253 e. The number of aromatic amines is 1. The molecule has 2 N–H and O–H groups in total. The van der Waals surface area contributed by atoms with E-state index in [9.17, 15) is 4.79 Å². The van der Waals surface area contributed by atoms with Gasteiger partial charge in [0.15, 0.2) is 0 Å². The molecule has 4 rings (SSSR count). The number of nitriles is 1. The molecule has 1 saturated heterocycles. The number of amides is 1. The highest BCUT2D eigenvalue weighted by Crippen LogP contribution is 2.38. The van der Waals surface area contributed by atoms with Gasteiger partial charge in [0, 0.05) is 42.6 Å². The Morgan fingerprint density at radius 1 is 1.24 bits per heavy atom. The molecule has 8 heteroatoms. The van der Waals surface area contributed by atoms with Crippen LogP contribution in [-0.2, 0) is 5.67 Å². The molecular formula is C26H27FN4O3. The number of carbonyl (C=O) groups is 1. The lowest BCUT2D eigenvalue weighted by molar-refractivity contribution is 0.0421. The molecule has 0 bridgehead atoms. The second-order valence-corrected chi connectivity index (χ2v) is 8.58. The molecule has 0 unspecified atom stereocenters. The van der Waals surface area contributed by atoms with Crippen LogP contribution >= 0.6 is 0 Å². The van der Waals surface area contributed by atoms with Crippen LogP contribution in [0.1, 0.15) is 45.5 Å². The van der Waals surface area contributed by atoms with Crippen LogP contribution in [0.3, 0.4) is 0 Å². The number of benzene rings is 2. The van der Waals surface area contributed by atoms with E-state index in [1.807, 2.05) is 32.0 Å². The highest BCUT2D eigenvalue weighted by atomic mass is 19.1. The first-order chi connectivity index (χ1) is 16.4. The average Bonchev–Trinajstić information content (AvgIpc) is 3.23. The van der Waals surface area contributed by atoms with Gasteiger partial charge in [-0.05, 0) is 49.2 Å². The van der Waals surface area contributed by atoms with E-state index in [1.54, 1.807) is 35.2 Å². The third-order valence-corrected chi connectivity index (χ3v) is 6.42. The van der Waals surface area contributed by atoms with Crippen molar-refractivity contribution in [1.82, 2.24) is 15.1 Å². The lowest BCUT2D eigenvalue weighted by Crippen LogP contribution is -2.43. The Bertz CT molecular complexity index is 1220. The van der Waals surface area contributed by atoms with Crippen molar-refractivity contribution in [2.45, 2.75) is 32.4 Å². The van der Waals surface area contributed by atoms with Crippen LogP contribution < -0.4 is 4.74 Å². The number of aliphatic hydroxyl groups is 1. The van der Waals surface area contributed by atoms with E-state index >= 15 is 4.39 Å². The number of rotatable bonds is 6. The summed E-state index contributed by atoms with van der Waals surface area (Å²) >= 11 is 0. The largest absolute Gasteiger partial charge is 0.474 e. The monoisotopic (exact) mass is 462 g/mol. The fraction of sp³-hybridized carbons (Fsp3) is 0.346. The number of hydrogen-bond donors (Lipinski definition) is 2. The number of aromatic nitrogens is 2. The third kappa shape index (κ3) is 4.52. The van der Waals surface area contributed by atoms with Crippen molar-refractivity contribution in [3.63, 3.8) is 0 Å². The molecule has 2 aromatic carbocycles. The van der Waals surface area contributed by atoms with Crippen molar-refractivity contribution in [2.75, 3.05) is 26.3 Å². The summed E-state index contributed by atoms with van der Waals surface area (Å²) in [6.45, 7) is 4.48. The Labute approximate surface area is 197 Å². The zero-order valence-electron chi connectivity index (χ0n) is 19.3. The van der Waals surface area contributed by atoms with Crippen LogP contribution in [0.5, 0.6) is 5.88 Å². The van der Waals surface area contributed by atoms with Gasteiger partial charge in [-0.1, -0.05) is 18.2 Å². The minimum atomic E-state index is -1.51. The molecule has 0 aliphatic carbocycles. The Morgan fingerprint density at radius 2 is 1.94 bits per heavy atom. The lowest BCUT2D eigenvalue weighted by Gasteiger charge is -2.37. The number of hydrogen-bond acceptors (Lipinski definition) is 5. The molecule has 1 aliphatic heterocycles. The van der Waals surface area contributed by atoms with E-state index in [0.29, 0.717) is 35.7 Å². The van der Waals surface area contributed by atoms with Gasteiger partial charge >= 0.3 is 0 Å². The van der Waals surface area contributed by atoms with E-state index < -0.39 is 5.67 Å². The van der Waals surface area contributed by atoms with Gasteiger partial charge in [0.2, 0.25) is 5.88 Å². The number of nitrogens with zero attached hydrogens (tertiary/aromatic N) is 3. The van der Waals surface area contributed by atoms with Gasteiger partial charge in [-0.15, -0.1) is 5.10 Å². The number of piperidine rings is 1. The van der Waals surface area contributed by atoms with Crippen molar-refractivity contribution >= 4 is 5.91 Å². The first-order valence-electron chi connectivity index (χ1n) is 11.2. The topological polar surface area (TPSA) is 102 Å². The van der Waals surface area contributed by atoms with Crippen LogP contribution in [0.15, 0.2) is 42.5 Å². The Morgan fingerprint density at radius 3 is 2.59 bits per heavy atom. The number of aryl methyl sites for hydroxylation is 1. The van der Waals surface area contributed by atoms with Gasteiger partial charge in [0.25, 0.3) is 5.91 Å². The minimum Gasteiger partial charge on any atom is -0.474 e. The standard InChI is InChI=1S/C26H27FN4O3/c1-17-3-6-20(15-22(17)23-18(2)24(30-29-23)34-14-13-32)25(33)31-11-9-26(27,10-12-31)21-7-4-19(16-28)5-8-21/h3-8,15,32H,9-14H2,1-2H3,(H,29,30). The van der Waals surface area contributed by atoms with Crippen molar-refractivity contribution < 1.29 is 19.0 Å². The number of ether oxygens (including phenoxy) is 1. The molecule has 1 aliphatic rings. The van der Waals surface area contributed by atoms with Crippen LogP contribution in [-0.4, -0.2) is 52.4 Å². The number of nitrogens with one attached hydrogen (secondary N) is 1. The van der Waals surface area contributed by atoms with E-state index in [0.717, 1.165) is 22.4 Å². The lowest BCUT2D eigenvalue weighted by atomic mass is 9.85. The van der Waals surface area contributed by atoms with E-state index in [-0.39, 0.29) is 32.0 Å². The smallest absolute Gasteiger partial charge is 0.253 e. The molecule has 3 aromatic rings. The number of aliphatic hydroxyl groups excluding tert-OH is 1. The molecule has 176 valence electrons. The molecular weight excluding hydrogens is 435 g/mol.